The van der Waals surface area contributed by atoms with Gasteiger partial charge in [-0.1, -0.05) is 12.2 Å². The van der Waals surface area contributed by atoms with Crippen LogP contribution in [0.4, 0.5) is 0 Å². The Hall–Kier alpha value is -0.590. The van der Waals surface area contributed by atoms with Crippen LogP contribution in [0, 0.1) is 23.2 Å². The number of rotatable bonds is 1. The minimum atomic E-state index is 0.152. The molecule has 0 aliphatic heterocycles. The molecule has 0 aromatic heterocycles. The highest BCUT2D eigenvalue weighted by Gasteiger charge is 2.71. The Balaban J connectivity index is 2.08. The summed E-state index contributed by atoms with van der Waals surface area (Å²) in [6.45, 7) is 1.77. The van der Waals surface area contributed by atoms with Crippen molar-refractivity contribution < 1.29 is 4.79 Å². The van der Waals surface area contributed by atoms with E-state index in [9.17, 15) is 4.79 Å². The molecule has 4 atom stereocenters. The Labute approximate surface area is 66.5 Å². The minimum Gasteiger partial charge on any atom is -0.299 e. The lowest BCUT2D eigenvalue weighted by Crippen LogP contribution is -2.17. The normalized spacial score (nSPS) is 56.3. The molecule has 58 valence electrons. The van der Waals surface area contributed by atoms with E-state index in [0.717, 1.165) is 18.3 Å². The number of Topliss-reactive ketones (excluding diaryl/α,β-unsaturated/α-hetero) is 1. The molecular weight excluding hydrogens is 136 g/mol. The van der Waals surface area contributed by atoms with Gasteiger partial charge in [-0.15, -0.1) is 0 Å². The van der Waals surface area contributed by atoms with Gasteiger partial charge in [-0.3, -0.25) is 4.79 Å². The molecule has 0 saturated heterocycles. The quantitative estimate of drug-likeness (QED) is 0.518. The third-order valence-corrected chi connectivity index (χ3v) is 3.98. The molecule has 0 radical (unpaired) electrons. The molecule has 4 aliphatic rings. The van der Waals surface area contributed by atoms with Gasteiger partial charge >= 0.3 is 0 Å². The van der Waals surface area contributed by atoms with Crippen LogP contribution in [0.25, 0.3) is 0 Å². The molecule has 0 aromatic rings. The summed E-state index contributed by atoms with van der Waals surface area (Å²) in [4.78, 5) is 11.4. The van der Waals surface area contributed by atoms with Crippen molar-refractivity contribution in [2.45, 2.75) is 19.8 Å². The highest BCUT2D eigenvalue weighted by atomic mass is 16.1. The number of carbonyl (C=O) groups excluding carboxylic acids is 1. The maximum atomic E-state index is 11.4. The van der Waals surface area contributed by atoms with Crippen molar-refractivity contribution in [2.24, 2.45) is 23.2 Å². The lowest BCUT2D eigenvalue weighted by Gasteiger charge is -2.18. The predicted octanol–water partition coefficient (Wildman–Crippen LogP) is 1.79. The lowest BCUT2D eigenvalue weighted by molar-refractivity contribution is -0.122. The fourth-order valence-corrected chi connectivity index (χ4v) is 3.41. The van der Waals surface area contributed by atoms with Crippen molar-refractivity contribution in [2.75, 3.05) is 0 Å². The first-order valence-corrected chi connectivity index (χ1v) is 4.44. The minimum absolute atomic E-state index is 0.152. The van der Waals surface area contributed by atoms with Crippen molar-refractivity contribution in [3.05, 3.63) is 12.2 Å². The highest BCUT2D eigenvalue weighted by molar-refractivity contribution is 5.88. The molecule has 0 aromatic carbocycles. The van der Waals surface area contributed by atoms with Crippen molar-refractivity contribution >= 4 is 5.78 Å². The third-order valence-electron chi connectivity index (χ3n) is 3.98. The molecule has 1 nitrogen and oxygen atoms in total. The molecule has 2 fully saturated rings. The largest absolute Gasteiger partial charge is 0.299 e. The Morgan fingerprint density at radius 3 is 2.64 bits per heavy atom. The fraction of sp³-hybridized carbons (Fsp3) is 0.700. The SMILES string of the molecule is CC(=O)C12CC3C=CC1C2C3. The Bertz CT molecular complexity index is 266. The third kappa shape index (κ3) is 0.463. The van der Waals surface area contributed by atoms with Crippen molar-refractivity contribution in [1.82, 2.24) is 0 Å². The first kappa shape index (κ1) is 5.99. The predicted molar refractivity (Wildman–Crippen MR) is 42.0 cm³/mol. The van der Waals surface area contributed by atoms with Gasteiger partial charge in [0.15, 0.2) is 0 Å². The summed E-state index contributed by atoms with van der Waals surface area (Å²) in [6, 6.07) is 0. The zero-order valence-electron chi connectivity index (χ0n) is 6.71. The van der Waals surface area contributed by atoms with Gasteiger partial charge in [0.1, 0.15) is 5.78 Å². The van der Waals surface area contributed by atoms with E-state index < -0.39 is 0 Å². The van der Waals surface area contributed by atoms with Gasteiger partial charge in [-0.25, -0.2) is 0 Å². The van der Waals surface area contributed by atoms with Gasteiger partial charge in [0.25, 0.3) is 0 Å². The zero-order chi connectivity index (χ0) is 7.64. The van der Waals surface area contributed by atoms with Crippen LogP contribution < -0.4 is 0 Å². The molecule has 2 saturated carbocycles. The summed E-state index contributed by atoms with van der Waals surface area (Å²) in [6.07, 6.45) is 7.05. The van der Waals surface area contributed by atoms with Crippen LogP contribution >= 0.6 is 0 Å². The first-order chi connectivity index (χ1) is 5.25. The van der Waals surface area contributed by atoms with Crippen LogP contribution in [0.15, 0.2) is 12.2 Å². The van der Waals surface area contributed by atoms with Gasteiger partial charge in [0.05, 0.1) is 0 Å². The van der Waals surface area contributed by atoms with Gasteiger partial charge in [-0.05, 0) is 37.5 Å². The van der Waals surface area contributed by atoms with Gasteiger partial charge < -0.3 is 0 Å². The molecule has 1 heteroatoms. The van der Waals surface area contributed by atoms with Crippen molar-refractivity contribution in [3.8, 4) is 0 Å². The van der Waals surface area contributed by atoms with E-state index in [0.29, 0.717) is 11.7 Å². The fourth-order valence-electron chi connectivity index (χ4n) is 3.41. The molecule has 0 spiro atoms. The summed E-state index contributed by atoms with van der Waals surface area (Å²) in [5.41, 5.74) is 0.152. The van der Waals surface area contributed by atoms with E-state index in [-0.39, 0.29) is 5.41 Å². The first-order valence-electron chi connectivity index (χ1n) is 4.44. The standard InChI is InChI=1S/C10H12O/c1-6(11)10-5-7-2-3-8(10)9(10)4-7/h2-3,7-9H,4-5H2,1H3. The van der Waals surface area contributed by atoms with E-state index in [1.807, 2.05) is 0 Å². The summed E-state index contributed by atoms with van der Waals surface area (Å²) in [7, 11) is 0. The Kier molecular flexibility index (Phi) is 0.790. The molecule has 4 aliphatic carbocycles. The summed E-state index contributed by atoms with van der Waals surface area (Å²) in [5.74, 6) is 2.58. The van der Waals surface area contributed by atoms with Gasteiger partial charge in [0.2, 0.25) is 0 Å². The van der Waals surface area contributed by atoms with E-state index in [4.69, 9.17) is 0 Å². The zero-order valence-corrected chi connectivity index (χ0v) is 6.71. The highest BCUT2D eigenvalue weighted by Crippen LogP contribution is 2.73. The summed E-state index contributed by atoms with van der Waals surface area (Å²) < 4.78 is 0. The summed E-state index contributed by atoms with van der Waals surface area (Å²) in [5, 5.41) is 0. The van der Waals surface area contributed by atoms with Crippen LogP contribution in [0.1, 0.15) is 19.8 Å². The summed E-state index contributed by atoms with van der Waals surface area (Å²) >= 11 is 0. The van der Waals surface area contributed by atoms with Crippen LogP contribution in [0.3, 0.4) is 0 Å². The lowest BCUT2D eigenvalue weighted by atomic mass is 9.85. The van der Waals surface area contributed by atoms with E-state index in [1.54, 1.807) is 6.92 Å². The molecule has 0 heterocycles. The van der Waals surface area contributed by atoms with Gasteiger partial charge in [-0.2, -0.15) is 0 Å². The van der Waals surface area contributed by atoms with Crippen LogP contribution in [0.5, 0.6) is 0 Å². The number of ketones is 1. The van der Waals surface area contributed by atoms with Crippen LogP contribution in [-0.4, -0.2) is 5.78 Å². The second-order valence-corrected chi connectivity index (χ2v) is 4.31. The van der Waals surface area contributed by atoms with Crippen LogP contribution in [-0.2, 0) is 4.79 Å². The molecule has 4 rings (SSSR count). The smallest absolute Gasteiger partial charge is 0.136 e. The van der Waals surface area contributed by atoms with E-state index in [2.05, 4.69) is 12.2 Å². The average Bonchev–Trinajstić information content (AvgIpc) is 2.52. The maximum Gasteiger partial charge on any atom is 0.136 e. The molecule has 4 unspecified atom stereocenters. The topological polar surface area (TPSA) is 17.1 Å². The molecule has 11 heavy (non-hydrogen) atoms. The molecule has 4 bridgehead atoms. The maximum absolute atomic E-state index is 11.4. The molecule has 0 N–H and O–H groups in total. The molecular formula is C10H12O. The number of hydrogen-bond donors (Lipinski definition) is 0. The molecule has 0 amide bonds. The number of allylic oxidation sites excluding steroid dienone is 2. The monoisotopic (exact) mass is 148 g/mol. The van der Waals surface area contributed by atoms with E-state index >= 15 is 0 Å². The Morgan fingerprint density at radius 2 is 2.36 bits per heavy atom. The van der Waals surface area contributed by atoms with Crippen molar-refractivity contribution in [3.63, 3.8) is 0 Å². The van der Waals surface area contributed by atoms with Crippen LogP contribution in [0.2, 0.25) is 0 Å². The Morgan fingerprint density at radius 1 is 1.55 bits per heavy atom. The second kappa shape index (κ2) is 1.45. The van der Waals surface area contributed by atoms with E-state index in [1.165, 1.54) is 6.42 Å². The second-order valence-electron chi connectivity index (χ2n) is 4.31. The number of carbonyl (C=O) groups is 1. The average molecular weight is 148 g/mol. The van der Waals surface area contributed by atoms with Crippen molar-refractivity contribution in [1.29, 1.82) is 0 Å². The van der Waals surface area contributed by atoms with Gasteiger partial charge in [0, 0.05) is 5.41 Å². The number of hydrogen-bond acceptors (Lipinski definition) is 1.